The lowest BCUT2D eigenvalue weighted by molar-refractivity contribution is 0.395. The van der Waals surface area contributed by atoms with Gasteiger partial charge in [-0.2, -0.15) is 0 Å². The van der Waals surface area contributed by atoms with Gasteiger partial charge >= 0.3 is 0 Å². The number of hydrogen-bond acceptors (Lipinski definition) is 5. The molecule has 0 saturated heterocycles. The predicted octanol–water partition coefficient (Wildman–Crippen LogP) is 6.24. The van der Waals surface area contributed by atoms with Crippen molar-refractivity contribution in [3.63, 3.8) is 0 Å². The molecule has 0 N–H and O–H groups in total. The van der Waals surface area contributed by atoms with E-state index in [4.69, 9.17) is 27.9 Å². The van der Waals surface area contributed by atoms with E-state index < -0.39 is 0 Å². The summed E-state index contributed by atoms with van der Waals surface area (Å²) in [6, 6.07) is 15.5. The first-order chi connectivity index (χ1) is 12.2. The van der Waals surface area contributed by atoms with E-state index in [-0.39, 0.29) is 0 Å². The topological polar surface area (TPSA) is 35.0 Å². The number of ether oxygens (including phenoxy) is 1. The Morgan fingerprint density at radius 1 is 1.08 bits per heavy atom. The maximum Gasteiger partial charge on any atom is 0.189 e. The second kappa shape index (κ2) is 8.81. The van der Waals surface area contributed by atoms with Crippen LogP contribution in [0, 0.1) is 0 Å². The molecule has 0 aliphatic rings. The molecule has 0 aliphatic heterocycles. The fourth-order valence-corrected chi connectivity index (χ4v) is 4.32. The second-order valence-corrected chi connectivity index (χ2v) is 7.81. The maximum absolute atomic E-state index is 6.22. The second-order valence-electron chi connectivity index (χ2n) is 4.97. The van der Waals surface area contributed by atoms with E-state index in [0.717, 1.165) is 15.5 Å². The van der Waals surface area contributed by atoms with Crippen molar-refractivity contribution in [3.8, 4) is 5.75 Å². The van der Waals surface area contributed by atoms with Crippen LogP contribution in [0.2, 0.25) is 10.0 Å². The normalized spacial score (nSPS) is 10.7. The van der Waals surface area contributed by atoms with Crippen molar-refractivity contribution < 1.29 is 4.74 Å². The first kappa shape index (κ1) is 18.4. The number of hydrogen-bond donors (Lipinski definition) is 0. The maximum atomic E-state index is 6.22. The van der Waals surface area contributed by atoms with Crippen molar-refractivity contribution in [2.24, 2.45) is 0 Å². The molecule has 0 amide bonds. The van der Waals surface area contributed by atoms with Crippen LogP contribution in [0.1, 0.15) is 5.56 Å². The van der Waals surface area contributed by atoms with Crippen LogP contribution in [-0.4, -0.2) is 17.1 Å². The first-order valence-corrected chi connectivity index (χ1v) is 9.92. The summed E-state index contributed by atoms with van der Waals surface area (Å²) in [6.45, 7) is 0. The quantitative estimate of drug-likeness (QED) is 0.274. The predicted molar refractivity (Wildman–Crippen MR) is 105 cm³/mol. The molecule has 0 atom stereocenters. The van der Waals surface area contributed by atoms with Crippen molar-refractivity contribution in [1.29, 1.82) is 0 Å². The van der Waals surface area contributed by atoms with E-state index in [2.05, 4.69) is 9.97 Å². The van der Waals surface area contributed by atoms with E-state index >= 15 is 0 Å². The Hall–Kier alpha value is -1.40. The third-order valence-corrected chi connectivity index (χ3v) is 5.74. The van der Waals surface area contributed by atoms with E-state index in [9.17, 15) is 0 Å². The summed E-state index contributed by atoms with van der Waals surface area (Å²) >= 11 is 15.2. The lowest BCUT2D eigenvalue weighted by Crippen LogP contribution is -1.95. The molecule has 0 unspecified atom stereocenters. The molecule has 0 radical (unpaired) electrons. The first-order valence-electron chi connectivity index (χ1n) is 7.36. The van der Waals surface area contributed by atoms with Gasteiger partial charge in [0, 0.05) is 20.7 Å². The van der Waals surface area contributed by atoms with Gasteiger partial charge in [-0.15, -0.1) is 0 Å². The van der Waals surface area contributed by atoms with Crippen molar-refractivity contribution in [3.05, 3.63) is 70.3 Å². The number of methoxy groups -OCH3 is 1. The molecule has 128 valence electrons. The smallest absolute Gasteiger partial charge is 0.189 e. The molecule has 0 aliphatic carbocycles. The standard InChI is InChI=1S/C18H14Cl2N2OS2/c1-23-16-10-21-18(22-17(16)25-14-5-3-2-4-6-14)24-11-12-7-8-13(19)9-15(12)20/h2-10H,11H2,1H3. The highest BCUT2D eigenvalue weighted by molar-refractivity contribution is 7.99. The van der Waals surface area contributed by atoms with Crippen LogP contribution in [0.3, 0.4) is 0 Å². The van der Waals surface area contributed by atoms with Crippen molar-refractivity contribution in [1.82, 2.24) is 9.97 Å². The number of benzene rings is 2. The summed E-state index contributed by atoms with van der Waals surface area (Å²) in [5.41, 5.74) is 0.993. The summed E-state index contributed by atoms with van der Waals surface area (Å²) in [4.78, 5) is 10.1. The Kier molecular flexibility index (Phi) is 6.48. The minimum atomic E-state index is 0.626. The molecule has 1 aromatic heterocycles. The fourth-order valence-electron chi connectivity index (χ4n) is 2.00. The van der Waals surface area contributed by atoms with Gasteiger partial charge in [-0.25, -0.2) is 9.97 Å². The molecule has 0 fully saturated rings. The third-order valence-electron chi connectivity index (χ3n) is 3.25. The molecule has 1 heterocycles. The molecule has 0 saturated carbocycles. The largest absolute Gasteiger partial charge is 0.492 e. The highest BCUT2D eigenvalue weighted by atomic mass is 35.5. The highest BCUT2D eigenvalue weighted by Gasteiger charge is 2.11. The van der Waals surface area contributed by atoms with Gasteiger partial charge in [0.25, 0.3) is 0 Å². The monoisotopic (exact) mass is 408 g/mol. The van der Waals surface area contributed by atoms with E-state index in [1.54, 1.807) is 31.1 Å². The number of halogens is 2. The van der Waals surface area contributed by atoms with E-state index in [1.807, 2.05) is 42.5 Å². The van der Waals surface area contributed by atoms with Crippen LogP contribution >= 0.6 is 46.7 Å². The Bertz CT molecular complexity index is 863. The molecule has 3 rings (SSSR count). The van der Waals surface area contributed by atoms with Crippen LogP contribution < -0.4 is 4.74 Å². The molecular formula is C18H14Cl2N2OS2. The Labute approximate surface area is 165 Å². The molecule has 3 aromatic rings. The van der Waals surface area contributed by atoms with Crippen LogP contribution in [0.4, 0.5) is 0 Å². The molecule has 7 heteroatoms. The van der Waals surface area contributed by atoms with Gasteiger partial charge in [0.05, 0.1) is 13.3 Å². The van der Waals surface area contributed by atoms with Gasteiger partial charge in [-0.05, 0) is 29.8 Å². The summed E-state index contributed by atoms with van der Waals surface area (Å²) < 4.78 is 5.38. The van der Waals surface area contributed by atoms with Gasteiger partial charge in [-0.3, -0.25) is 0 Å². The summed E-state index contributed by atoms with van der Waals surface area (Å²) in [5.74, 6) is 1.32. The lowest BCUT2D eigenvalue weighted by atomic mass is 10.2. The minimum absolute atomic E-state index is 0.626. The van der Waals surface area contributed by atoms with Gasteiger partial charge in [0.1, 0.15) is 5.03 Å². The zero-order chi connectivity index (χ0) is 17.6. The third kappa shape index (κ3) is 5.05. The van der Waals surface area contributed by atoms with Gasteiger partial charge in [0.15, 0.2) is 10.9 Å². The van der Waals surface area contributed by atoms with Crippen molar-refractivity contribution in [2.75, 3.05) is 7.11 Å². The number of aromatic nitrogens is 2. The zero-order valence-corrected chi connectivity index (χ0v) is 16.4. The number of thioether (sulfide) groups is 1. The van der Waals surface area contributed by atoms with E-state index in [0.29, 0.717) is 26.7 Å². The molecule has 2 aromatic carbocycles. The highest BCUT2D eigenvalue weighted by Crippen LogP contribution is 2.35. The van der Waals surface area contributed by atoms with Crippen LogP contribution in [0.15, 0.2) is 69.8 Å². The molecule has 0 spiro atoms. The van der Waals surface area contributed by atoms with Gasteiger partial charge in [0.2, 0.25) is 0 Å². The van der Waals surface area contributed by atoms with E-state index in [1.165, 1.54) is 11.8 Å². The number of nitrogens with zero attached hydrogens (tertiary/aromatic N) is 2. The molecule has 3 nitrogen and oxygen atoms in total. The van der Waals surface area contributed by atoms with Crippen LogP contribution in [-0.2, 0) is 5.75 Å². The van der Waals surface area contributed by atoms with Gasteiger partial charge in [-0.1, -0.05) is 71.0 Å². The van der Waals surface area contributed by atoms with Crippen LogP contribution in [0.25, 0.3) is 0 Å². The lowest BCUT2D eigenvalue weighted by Gasteiger charge is -2.09. The SMILES string of the molecule is COc1cnc(SCc2ccc(Cl)cc2Cl)nc1Sc1ccccc1. The summed E-state index contributed by atoms with van der Waals surface area (Å²) in [6.07, 6.45) is 1.70. The Morgan fingerprint density at radius 2 is 1.88 bits per heavy atom. The molecular weight excluding hydrogens is 395 g/mol. The average Bonchev–Trinajstić information content (AvgIpc) is 2.62. The molecule has 0 bridgehead atoms. The summed E-state index contributed by atoms with van der Waals surface area (Å²) in [5, 5.41) is 2.73. The number of rotatable bonds is 6. The van der Waals surface area contributed by atoms with Gasteiger partial charge < -0.3 is 4.74 Å². The van der Waals surface area contributed by atoms with Crippen LogP contribution in [0.5, 0.6) is 5.75 Å². The summed E-state index contributed by atoms with van der Waals surface area (Å²) in [7, 11) is 1.62. The fraction of sp³-hybridized carbons (Fsp3) is 0.111. The zero-order valence-electron chi connectivity index (χ0n) is 13.3. The Balaban J connectivity index is 1.77. The van der Waals surface area contributed by atoms with Crippen molar-refractivity contribution >= 4 is 46.7 Å². The van der Waals surface area contributed by atoms with Crippen molar-refractivity contribution in [2.45, 2.75) is 20.8 Å². The molecule has 25 heavy (non-hydrogen) atoms. The average molecular weight is 409 g/mol. The Morgan fingerprint density at radius 3 is 2.60 bits per heavy atom. The minimum Gasteiger partial charge on any atom is -0.492 e.